The zero-order valence-corrected chi connectivity index (χ0v) is 21.9. The number of nitrogens with zero attached hydrogens (tertiary/aromatic N) is 2. The number of imidazole rings is 1. The Morgan fingerprint density at radius 3 is 2.61 bits per heavy atom. The Hall–Kier alpha value is -3.31. The number of amides is 1. The smallest absolute Gasteiger partial charge is 0.224 e. The molecule has 188 valence electrons. The number of benzene rings is 3. The Bertz CT molecular complexity index is 1310. The van der Waals surface area contributed by atoms with Crippen molar-refractivity contribution in [1.29, 1.82) is 0 Å². The summed E-state index contributed by atoms with van der Waals surface area (Å²) in [5, 5.41) is 3.64. The van der Waals surface area contributed by atoms with Crippen LogP contribution in [0, 0.1) is 13.8 Å². The van der Waals surface area contributed by atoms with Gasteiger partial charge in [0.2, 0.25) is 5.91 Å². The van der Waals surface area contributed by atoms with E-state index >= 15 is 0 Å². The molecule has 0 radical (unpaired) electrons. The molecule has 4 aromatic rings. The van der Waals surface area contributed by atoms with Crippen molar-refractivity contribution in [3.05, 3.63) is 94.3 Å². The van der Waals surface area contributed by atoms with Gasteiger partial charge in [-0.25, -0.2) is 4.98 Å². The van der Waals surface area contributed by atoms with E-state index in [1.807, 2.05) is 36.4 Å². The van der Waals surface area contributed by atoms with Crippen LogP contribution in [-0.4, -0.2) is 28.6 Å². The minimum Gasteiger partial charge on any atom is -0.494 e. The average Bonchev–Trinajstić information content (AvgIpc) is 3.22. The van der Waals surface area contributed by atoms with Crippen LogP contribution in [0.2, 0.25) is 5.02 Å². The lowest BCUT2D eigenvalue weighted by molar-refractivity contribution is -0.120. The molecule has 4 rings (SSSR count). The number of carbonyl (C=O) groups is 1. The Labute approximate surface area is 218 Å². The molecule has 0 unspecified atom stereocenters. The molecule has 0 bridgehead atoms. The Morgan fingerprint density at radius 2 is 1.78 bits per heavy atom. The first-order valence-corrected chi connectivity index (χ1v) is 13.0. The molecule has 1 heterocycles. The van der Waals surface area contributed by atoms with Crippen LogP contribution in [0.15, 0.2) is 66.7 Å². The third-order valence-electron chi connectivity index (χ3n) is 6.46. The first kappa shape index (κ1) is 25.8. The number of aromatic nitrogens is 2. The highest BCUT2D eigenvalue weighted by Crippen LogP contribution is 2.20. The molecular weight excluding hydrogens is 470 g/mol. The summed E-state index contributed by atoms with van der Waals surface area (Å²) >= 11 is 6.17. The van der Waals surface area contributed by atoms with Crippen molar-refractivity contribution >= 4 is 28.5 Å². The molecule has 0 spiro atoms. The largest absolute Gasteiger partial charge is 0.494 e. The Kier molecular flexibility index (Phi) is 9.01. The zero-order chi connectivity index (χ0) is 25.3. The third-order valence-corrected chi connectivity index (χ3v) is 6.83. The van der Waals surface area contributed by atoms with E-state index in [-0.39, 0.29) is 5.91 Å². The molecular formula is C30H34ClN3O2. The molecule has 5 nitrogen and oxygen atoms in total. The number of hydrogen-bond donors (Lipinski definition) is 1. The van der Waals surface area contributed by atoms with Gasteiger partial charge in [-0.05, 0) is 80.1 Å². The van der Waals surface area contributed by atoms with Gasteiger partial charge in [-0.2, -0.15) is 0 Å². The number of ether oxygens (including phenoxy) is 1. The highest BCUT2D eigenvalue weighted by Gasteiger charge is 2.11. The van der Waals surface area contributed by atoms with Crippen molar-refractivity contribution in [3.8, 4) is 5.75 Å². The third kappa shape index (κ3) is 6.88. The number of fused-ring (bicyclic) bond motifs is 1. The van der Waals surface area contributed by atoms with E-state index in [1.165, 1.54) is 11.1 Å². The van der Waals surface area contributed by atoms with Crippen LogP contribution < -0.4 is 10.1 Å². The molecule has 1 amide bonds. The summed E-state index contributed by atoms with van der Waals surface area (Å²) in [5.74, 6) is 1.98. The minimum atomic E-state index is -0.0135. The number of unbranched alkanes of at least 4 members (excludes halogenated alkanes) is 1. The van der Waals surface area contributed by atoms with E-state index in [2.05, 4.69) is 54.1 Å². The quantitative estimate of drug-likeness (QED) is 0.226. The lowest BCUT2D eigenvalue weighted by atomic mass is 10.1. The first-order valence-electron chi connectivity index (χ1n) is 12.7. The summed E-state index contributed by atoms with van der Waals surface area (Å²) in [6, 6.07) is 22.0. The first-order chi connectivity index (χ1) is 17.5. The number of halogens is 1. The maximum Gasteiger partial charge on any atom is 0.224 e. The summed E-state index contributed by atoms with van der Waals surface area (Å²) in [4.78, 5) is 17.2. The van der Waals surface area contributed by atoms with E-state index in [9.17, 15) is 4.79 Å². The summed E-state index contributed by atoms with van der Waals surface area (Å²) in [7, 11) is 0. The number of hydrogen-bond acceptors (Lipinski definition) is 3. The second-order valence-electron chi connectivity index (χ2n) is 9.19. The van der Waals surface area contributed by atoms with Gasteiger partial charge in [-0.1, -0.05) is 48.0 Å². The van der Waals surface area contributed by atoms with Gasteiger partial charge in [0.25, 0.3) is 0 Å². The molecule has 0 aliphatic carbocycles. The molecule has 0 fully saturated rings. The Morgan fingerprint density at radius 1 is 0.972 bits per heavy atom. The Balaban J connectivity index is 1.26. The van der Waals surface area contributed by atoms with Gasteiger partial charge in [0.05, 0.1) is 24.1 Å². The summed E-state index contributed by atoms with van der Waals surface area (Å²) < 4.78 is 8.27. The molecule has 0 atom stereocenters. The van der Waals surface area contributed by atoms with Crippen molar-refractivity contribution in [1.82, 2.24) is 14.9 Å². The summed E-state index contributed by atoms with van der Waals surface area (Å²) in [5.41, 5.74) is 5.55. The van der Waals surface area contributed by atoms with Crippen LogP contribution in [0.5, 0.6) is 5.75 Å². The molecule has 6 heteroatoms. The molecule has 0 aliphatic rings. The van der Waals surface area contributed by atoms with Crippen molar-refractivity contribution in [2.24, 2.45) is 0 Å². The van der Waals surface area contributed by atoms with Crippen LogP contribution >= 0.6 is 11.6 Å². The second kappa shape index (κ2) is 12.6. The zero-order valence-electron chi connectivity index (χ0n) is 21.1. The van der Waals surface area contributed by atoms with Crippen LogP contribution in [-0.2, 0) is 24.2 Å². The van der Waals surface area contributed by atoms with Gasteiger partial charge < -0.3 is 14.6 Å². The highest BCUT2D eigenvalue weighted by atomic mass is 35.5. The van der Waals surface area contributed by atoms with Gasteiger partial charge >= 0.3 is 0 Å². The van der Waals surface area contributed by atoms with E-state index in [4.69, 9.17) is 21.3 Å². The van der Waals surface area contributed by atoms with Gasteiger partial charge in [0.1, 0.15) is 11.6 Å². The van der Waals surface area contributed by atoms with Crippen LogP contribution in [0.1, 0.15) is 41.8 Å². The van der Waals surface area contributed by atoms with Crippen molar-refractivity contribution < 1.29 is 9.53 Å². The van der Waals surface area contributed by atoms with Crippen LogP contribution in [0.3, 0.4) is 0 Å². The summed E-state index contributed by atoms with van der Waals surface area (Å²) in [6.07, 6.45) is 3.90. The topological polar surface area (TPSA) is 56.1 Å². The standard InChI is InChI=1S/C30H34ClN3O2/c1-22-15-16-25(20-23(22)2)36-19-8-7-18-34-28-13-6-5-12-27(28)33-29(34)14-9-17-32-30(35)21-24-10-3-4-11-26(24)31/h3-6,10-13,15-16,20H,7-9,14,17-19,21H2,1-2H3,(H,32,35). The lowest BCUT2D eigenvalue weighted by Crippen LogP contribution is -2.26. The maximum atomic E-state index is 12.3. The van der Waals surface area contributed by atoms with Gasteiger partial charge in [-0.3, -0.25) is 4.79 Å². The molecule has 36 heavy (non-hydrogen) atoms. The van der Waals surface area contributed by atoms with E-state index in [0.29, 0.717) is 24.6 Å². The molecule has 0 aliphatic heterocycles. The summed E-state index contributed by atoms with van der Waals surface area (Å²) in [6.45, 7) is 6.42. The van der Waals surface area contributed by atoms with Gasteiger partial charge in [-0.15, -0.1) is 0 Å². The van der Waals surface area contributed by atoms with E-state index < -0.39 is 0 Å². The average molecular weight is 504 g/mol. The monoisotopic (exact) mass is 503 g/mol. The van der Waals surface area contributed by atoms with Gasteiger partial charge in [0, 0.05) is 24.5 Å². The van der Waals surface area contributed by atoms with Gasteiger partial charge in [0.15, 0.2) is 0 Å². The van der Waals surface area contributed by atoms with E-state index in [1.54, 1.807) is 0 Å². The predicted octanol–water partition coefficient (Wildman–Crippen LogP) is 6.46. The molecule has 0 saturated carbocycles. The fourth-order valence-electron chi connectivity index (χ4n) is 4.28. The van der Waals surface area contributed by atoms with Crippen molar-refractivity contribution in [2.45, 2.75) is 52.5 Å². The lowest BCUT2D eigenvalue weighted by Gasteiger charge is -2.11. The number of nitrogens with one attached hydrogen (secondary N) is 1. The number of carbonyl (C=O) groups excluding carboxylic acids is 1. The minimum absolute atomic E-state index is 0.0135. The fourth-order valence-corrected chi connectivity index (χ4v) is 4.49. The number of para-hydroxylation sites is 2. The normalized spacial score (nSPS) is 11.1. The fraction of sp³-hybridized carbons (Fsp3) is 0.333. The molecule has 1 N–H and O–H groups in total. The van der Waals surface area contributed by atoms with Crippen LogP contribution in [0.25, 0.3) is 11.0 Å². The number of aryl methyl sites for hydroxylation is 4. The number of rotatable bonds is 12. The maximum absolute atomic E-state index is 12.3. The predicted molar refractivity (Wildman–Crippen MR) is 147 cm³/mol. The molecule has 1 aromatic heterocycles. The second-order valence-corrected chi connectivity index (χ2v) is 9.60. The SMILES string of the molecule is Cc1ccc(OCCCCn2c(CCCNC(=O)Cc3ccccc3Cl)nc3ccccc32)cc1C. The van der Waals surface area contributed by atoms with E-state index in [0.717, 1.165) is 60.4 Å². The van der Waals surface area contributed by atoms with Crippen molar-refractivity contribution in [2.75, 3.05) is 13.2 Å². The van der Waals surface area contributed by atoms with Crippen molar-refractivity contribution in [3.63, 3.8) is 0 Å². The highest BCUT2D eigenvalue weighted by molar-refractivity contribution is 6.31. The van der Waals surface area contributed by atoms with Crippen LogP contribution in [0.4, 0.5) is 0 Å². The molecule has 3 aromatic carbocycles. The molecule has 0 saturated heterocycles.